The van der Waals surface area contributed by atoms with Gasteiger partial charge < -0.3 is 30.4 Å². The van der Waals surface area contributed by atoms with Crippen molar-refractivity contribution in [3.63, 3.8) is 0 Å². The Bertz CT molecular complexity index is 1290. The Kier molecular flexibility index (Phi) is 10.7. The van der Waals surface area contributed by atoms with Gasteiger partial charge in [0, 0.05) is 43.6 Å². The van der Waals surface area contributed by atoms with Gasteiger partial charge in [0.15, 0.2) is 0 Å². The van der Waals surface area contributed by atoms with Gasteiger partial charge in [-0.3, -0.25) is 9.59 Å². The number of piperazine rings is 1. The van der Waals surface area contributed by atoms with E-state index in [0.717, 1.165) is 76.7 Å². The summed E-state index contributed by atoms with van der Waals surface area (Å²) in [5.74, 6) is 0.608. The van der Waals surface area contributed by atoms with Crippen molar-refractivity contribution in [3.8, 4) is 0 Å². The van der Waals surface area contributed by atoms with Crippen LogP contribution in [-0.4, -0.2) is 106 Å². The van der Waals surface area contributed by atoms with Crippen molar-refractivity contribution < 1.29 is 24.9 Å². The molecule has 1 aliphatic carbocycles. The van der Waals surface area contributed by atoms with Crippen LogP contribution >= 0.6 is 10.9 Å². The summed E-state index contributed by atoms with van der Waals surface area (Å²) >= 11 is 0. The van der Waals surface area contributed by atoms with Crippen LogP contribution in [0.5, 0.6) is 0 Å². The topological polar surface area (TPSA) is 113 Å². The number of amides is 2. The minimum Gasteiger partial charge on any atom is -0.390 e. The summed E-state index contributed by atoms with van der Waals surface area (Å²) in [4.78, 5) is 30.6. The van der Waals surface area contributed by atoms with Crippen molar-refractivity contribution in [3.05, 3.63) is 70.3 Å². The van der Waals surface area contributed by atoms with Gasteiger partial charge >= 0.3 is 0 Å². The first-order chi connectivity index (χ1) is 21.1. The van der Waals surface area contributed by atoms with Crippen LogP contribution in [0, 0.1) is 6.92 Å². The molecule has 242 valence electrons. The van der Waals surface area contributed by atoms with Gasteiger partial charge in [0.25, 0.3) is 0 Å². The predicted molar refractivity (Wildman–Crippen MR) is 177 cm³/mol. The number of aliphatic hydroxyl groups excluding tert-OH is 3. The van der Waals surface area contributed by atoms with Crippen molar-refractivity contribution in [2.75, 3.05) is 45.2 Å². The van der Waals surface area contributed by atoms with Crippen molar-refractivity contribution in [1.29, 1.82) is 0 Å². The molecular formula is C35H51N3O5S. The predicted octanol–water partition coefficient (Wildman–Crippen LogP) is 2.88. The molecule has 0 bridgehead atoms. The fourth-order valence-electron chi connectivity index (χ4n) is 7.22. The molecule has 0 radical (unpaired) electrons. The second-order valence-corrected chi connectivity index (χ2v) is 15.8. The van der Waals surface area contributed by atoms with Crippen molar-refractivity contribution in [2.24, 2.45) is 0 Å². The summed E-state index contributed by atoms with van der Waals surface area (Å²) in [6.45, 7) is 5.31. The molecule has 0 spiro atoms. The number of hydrogen-bond donors (Lipinski definition) is 5. The number of carbonyl (C=O) groups is 2. The largest absolute Gasteiger partial charge is 0.390 e. The Morgan fingerprint density at radius 3 is 2.30 bits per heavy atom. The van der Waals surface area contributed by atoms with Gasteiger partial charge in [0.05, 0.1) is 12.2 Å². The first kappa shape index (κ1) is 32.9. The van der Waals surface area contributed by atoms with E-state index in [1.165, 1.54) is 22.3 Å². The first-order valence-corrected chi connectivity index (χ1v) is 18.3. The monoisotopic (exact) mass is 625 g/mol. The number of nitrogens with one attached hydrogen (secondary N) is 1. The number of hydrogen-bond acceptors (Lipinski definition) is 6. The number of aliphatic hydroxyl groups is 3. The maximum absolute atomic E-state index is 13.5. The number of nitrogens with zero attached hydrogens (tertiary/aromatic N) is 2. The quantitative estimate of drug-likeness (QED) is 0.274. The van der Waals surface area contributed by atoms with E-state index in [4.69, 9.17) is 0 Å². The average Bonchev–Trinajstić information content (AvgIpc) is 3.48. The molecule has 5 atom stereocenters. The van der Waals surface area contributed by atoms with Gasteiger partial charge in [0.1, 0.15) is 11.6 Å². The third kappa shape index (κ3) is 7.50. The minimum absolute atomic E-state index is 0.0257. The molecule has 2 amide bonds. The van der Waals surface area contributed by atoms with Gasteiger partial charge in [-0.1, -0.05) is 55.3 Å². The number of carbonyl (C=O) groups excluding carboxylic acids is 2. The van der Waals surface area contributed by atoms with Crippen LogP contribution in [0.1, 0.15) is 71.6 Å². The summed E-state index contributed by atoms with van der Waals surface area (Å²) in [6.07, 6.45) is 5.27. The Morgan fingerprint density at radius 1 is 0.955 bits per heavy atom. The maximum atomic E-state index is 13.5. The van der Waals surface area contributed by atoms with Crippen LogP contribution in [0.2, 0.25) is 0 Å². The van der Waals surface area contributed by atoms with Crippen molar-refractivity contribution in [1.82, 2.24) is 15.1 Å². The number of likely N-dealkylation sites (N-methyl/N-ethyl adjacent to an activating group) is 1. The van der Waals surface area contributed by atoms with Crippen molar-refractivity contribution in [2.45, 2.75) is 87.4 Å². The molecule has 8 nitrogen and oxygen atoms in total. The first-order valence-electron chi connectivity index (χ1n) is 16.3. The lowest BCUT2D eigenvalue weighted by Crippen LogP contribution is -2.61. The number of thiol groups is 1. The van der Waals surface area contributed by atoms with Gasteiger partial charge in [-0.05, 0) is 80.1 Å². The molecular weight excluding hydrogens is 574 g/mol. The van der Waals surface area contributed by atoms with Crippen LogP contribution in [0.15, 0.2) is 42.5 Å². The van der Waals surface area contributed by atoms with Crippen LogP contribution < -0.4 is 5.32 Å². The third-order valence-electron chi connectivity index (χ3n) is 10.1. The zero-order chi connectivity index (χ0) is 31.4. The highest BCUT2D eigenvalue weighted by Gasteiger charge is 2.45. The molecule has 2 saturated heterocycles. The highest BCUT2D eigenvalue weighted by atomic mass is 32.2. The Balaban J connectivity index is 1.14. The maximum Gasteiger partial charge on any atom is 0.248 e. The Hall–Kier alpha value is -2.43. The van der Waals surface area contributed by atoms with E-state index in [1.54, 1.807) is 0 Å². The van der Waals surface area contributed by atoms with E-state index in [-0.39, 0.29) is 17.1 Å². The SMILES string of the molecule is Cc1ccc([C@H]2[C@H](O)[C@H](O)[C@H](O)C[SH]2C)cc1Cc1ccc(CCCC(=O)NC2(C(=O)N3CCN(C)CC3)CCCC2)cc1. The van der Waals surface area contributed by atoms with E-state index >= 15 is 0 Å². The molecule has 4 N–H and O–H groups in total. The highest BCUT2D eigenvalue weighted by molar-refractivity contribution is 8.16. The van der Waals surface area contributed by atoms with E-state index in [2.05, 4.69) is 66.8 Å². The molecule has 1 unspecified atom stereocenters. The van der Waals surface area contributed by atoms with Gasteiger partial charge in [-0.25, -0.2) is 10.9 Å². The van der Waals surface area contributed by atoms with Gasteiger partial charge in [0.2, 0.25) is 11.8 Å². The molecule has 2 aliphatic heterocycles. The normalized spacial score (nSPS) is 28.1. The van der Waals surface area contributed by atoms with Crippen LogP contribution in [0.25, 0.3) is 0 Å². The molecule has 1 saturated carbocycles. The second kappa shape index (κ2) is 14.3. The van der Waals surface area contributed by atoms with E-state index in [0.29, 0.717) is 12.2 Å². The van der Waals surface area contributed by atoms with Gasteiger partial charge in [-0.2, -0.15) is 0 Å². The fourth-order valence-corrected chi connectivity index (χ4v) is 9.62. The van der Waals surface area contributed by atoms with Gasteiger partial charge in [-0.15, -0.1) is 0 Å². The molecule has 2 aromatic rings. The third-order valence-corrected chi connectivity index (χ3v) is 12.6. The summed E-state index contributed by atoms with van der Waals surface area (Å²) in [5, 5.41) is 34.2. The summed E-state index contributed by atoms with van der Waals surface area (Å²) in [6, 6.07) is 14.9. The van der Waals surface area contributed by atoms with E-state index in [9.17, 15) is 24.9 Å². The molecule has 5 rings (SSSR count). The molecule has 3 aliphatic rings. The second-order valence-electron chi connectivity index (χ2n) is 13.4. The number of benzene rings is 2. The zero-order valence-corrected chi connectivity index (χ0v) is 27.4. The van der Waals surface area contributed by atoms with Crippen molar-refractivity contribution >= 4 is 22.7 Å². The minimum atomic E-state index is -1.12. The Labute approximate surface area is 265 Å². The summed E-state index contributed by atoms with van der Waals surface area (Å²) < 4.78 is 0. The number of rotatable bonds is 9. The standard InChI is InChI=1S/C35H51N3O5S/c1-24-9-14-27(33-32(42)31(41)29(39)23-44(33)3)22-28(24)21-26-12-10-25(11-13-26)7-6-8-30(40)36-35(15-4-5-16-35)34(43)38-19-17-37(2)18-20-38/h9-14,22,29,31-33,39,41-42,44H,4-8,15-21,23H2,1-3H3,(H,36,40)/t29-,31-,32-,33+/m1/s1. The molecule has 3 fully saturated rings. The average molecular weight is 626 g/mol. The molecule has 0 aromatic heterocycles. The zero-order valence-electron chi connectivity index (χ0n) is 26.5. The van der Waals surface area contributed by atoms with Crippen LogP contribution in [-0.2, 0) is 22.4 Å². The molecule has 2 aromatic carbocycles. The fraction of sp³-hybridized carbons (Fsp3) is 0.600. The molecule has 44 heavy (non-hydrogen) atoms. The molecule has 2 heterocycles. The lowest BCUT2D eigenvalue weighted by atomic mass is 9.93. The lowest BCUT2D eigenvalue weighted by molar-refractivity contribution is -0.143. The summed E-state index contributed by atoms with van der Waals surface area (Å²) in [5.41, 5.74) is 5.05. The van der Waals surface area contributed by atoms with E-state index in [1.807, 2.05) is 11.0 Å². The highest BCUT2D eigenvalue weighted by Crippen LogP contribution is 2.48. The molecule has 9 heteroatoms. The lowest BCUT2D eigenvalue weighted by Gasteiger charge is -2.42. The number of aryl methyl sites for hydroxylation is 2. The summed E-state index contributed by atoms with van der Waals surface area (Å²) in [7, 11) is 1.42. The van der Waals surface area contributed by atoms with E-state index < -0.39 is 34.7 Å². The smallest absolute Gasteiger partial charge is 0.248 e. The van der Waals surface area contributed by atoms with Crippen LogP contribution in [0.3, 0.4) is 0 Å². The van der Waals surface area contributed by atoms with Crippen LogP contribution in [0.4, 0.5) is 0 Å². The Morgan fingerprint density at radius 2 is 1.61 bits per heavy atom.